The van der Waals surface area contributed by atoms with Crippen LogP contribution in [-0.2, 0) is 16.0 Å². The number of halogens is 1. The molecule has 0 atom stereocenters. The molecule has 7 heteroatoms. The van der Waals surface area contributed by atoms with Crippen LogP contribution in [0.2, 0.25) is 0 Å². The maximum atomic E-state index is 13.1. The molecule has 1 aliphatic rings. The van der Waals surface area contributed by atoms with Crippen LogP contribution in [0.25, 0.3) is 6.08 Å². The van der Waals surface area contributed by atoms with E-state index in [-0.39, 0.29) is 5.57 Å². The quantitative estimate of drug-likeness (QED) is 0.390. The average Bonchev–Trinajstić information content (AvgIpc) is 2.80. The lowest BCUT2D eigenvalue weighted by atomic mass is 10.0. The van der Waals surface area contributed by atoms with E-state index in [2.05, 4.69) is 21.2 Å². The van der Waals surface area contributed by atoms with E-state index in [1.807, 2.05) is 42.5 Å². The third kappa shape index (κ3) is 4.59. The lowest BCUT2D eigenvalue weighted by molar-refractivity contribution is -0.122. The monoisotopic (exact) mass is 504 g/mol. The number of hydrogen-bond acceptors (Lipinski definition) is 4. The van der Waals surface area contributed by atoms with E-state index in [0.29, 0.717) is 23.4 Å². The molecular weight excluding hydrogens is 484 g/mol. The van der Waals surface area contributed by atoms with E-state index in [0.717, 1.165) is 26.1 Å². The van der Waals surface area contributed by atoms with Gasteiger partial charge in [0.2, 0.25) is 0 Å². The number of benzene rings is 3. The summed E-state index contributed by atoms with van der Waals surface area (Å²) in [5, 5.41) is 2.26. The Kier molecular flexibility index (Phi) is 6.42. The number of amides is 4. The molecule has 0 radical (unpaired) electrons. The van der Waals surface area contributed by atoms with Gasteiger partial charge >= 0.3 is 6.03 Å². The molecule has 0 bridgehead atoms. The number of para-hydroxylation sites is 1. The van der Waals surface area contributed by atoms with E-state index in [4.69, 9.17) is 4.74 Å². The van der Waals surface area contributed by atoms with Crippen molar-refractivity contribution < 1.29 is 19.1 Å². The predicted octanol–water partition coefficient (Wildman–Crippen LogP) is 5.02. The summed E-state index contributed by atoms with van der Waals surface area (Å²) in [6, 6.07) is 19.7. The van der Waals surface area contributed by atoms with Gasteiger partial charge in [-0.3, -0.25) is 14.9 Å². The summed E-state index contributed by atoms with van der Waals surface area (Å²) in [5.74, 6) is -0.768. The molecule has 166 valence electrons. The predicted molar refractivity (Wildman–Crippen MR) is 130 cm³/mol. The number of ether oxygens (including phenoxy) is 1. The SMILES string of the molecule is COc1cc(/C=C2\C(=O)NC(=O)N(c3ccccc3C)C2=O)ccc1Cc1ccccc1Br. The van der Waals surface area contributed by atoms with Crippen LogP contribution in [0.1, 0.15) is 22.3 Å². The van der Waals surface area contributed by atoms with Gasteiger partial charge in [-0.2, -0.15) is 0 Å². The fourth-order valence-corrected chi connectivity index (χ4v) is 4.13. The summed E-state index contributed by atoms with van der Waals surface area (Å²) in [5.41, 5.74) is 3.73. The van der Waals surface area contributed by atoms with E-state index in [9.17, 15) is 14.4 Å². The van der Waals surface area contributed by atoms with Crippen molar-refractivity contribution in [3.8, 4) is 5.75 Å². The smallest absolute Gasteiger partial charge is 0.335 e. The number of hydrogen-bond donors (Lipinski definition) is 1. The maximum Gasteiger partial charge on any atom is 0.335 e. The molecule has 4 amide bonds. The molecule has 0 aliphatic carbocycles. The largest absolute Gasteiger partial charge is 0.496 e. The zero-order chi connectivity index (χ0) is 23.5. The molecule has 3 aromatic carbocycles. The van der Waals surface area contributed by atoms with Crippen molar-refractivity contribution in [2.75, 3.05) is 12.0 Å². The first-order chi connectivity index (χ1) is 15.9. The lowest BCUT2D eigenvalue weighted by Crippen LogP contribution is -2.54. The van der Waals surface area contributed by atoms with Crippen LogP contribution in [0.3, 0.4) is 0 Å². The summed E-state index contributed by atoms with van der Waals surface area (Å²) in [7, 11) is 1.58. The number of barbiturate groups is 1. The van der Waals surface area contributed by atoms with E-state index in [1.165, 1.54) is 6.08 Å². The van der Waals surface area contributed by atoms with Crippen molar-refractivity contribution in [3.05, 3.63) is 99.0 Å². The Bertz CT molecular complexity index is 1300. The Morgan fingerprint density at radius 2 is 1.70 bits per heavy atom. The van der Waals surface area contributed by atoms with Gasteiger partial charge in [0.25, 0.3) is 11.8 Å². The van der Waals surface area contributed by atoms with E-state index in [1.54, 1.807) is 38.3 Å². The number of rotatable bonds is 5. The van der Waals surface area contributed by atoms with Gasteiger partial charge in [0.15, 0.2) is 0 Å². The van der Waals surface area contributed by atoms with Crippen LogP contribution in [0.15, 0.2) is 76.8 Å². The Morgan fingerprint density at radius 3 is 2.42 bits per heavy atom. The topological polar surface area (TPSA) is 75.7 Å². The maximum absolute atomic E-state index is 13.1. The Morgan fingerprint density at radius 1 is 0.970 bits per heavy atom. The number of anilines is 1. The number of imide groups is 2. The van der Waals surface area contributed by atoms with Crippen molar-refractivity contribution in [1.82, 2.24) is 5.32 Å². The van der Waals surface area contributed by atoms with Crippen molar-refractivity contribution in [1.29, 1.82) is 0 Å². The van der Waals surface area contributed by atoms with Gasteiger partial charge < -0.3 is 4.74 Å². The van der Waals surface area contributed by atoms with E-state index >= 15 is 0 Å². The molecule has 1 aliphatic heterocycles. The lowest BCUT2D eigenvalue weighted by Gasteiger charge is -2.27. The van der Waals surface area contributed by atoms with Crippen molar-refractivity contribution >= 4 is 45.5 Å². The van der Waals surface area contributed by atoms with Crippen LogP contribution >= 0.6 is 15.9 Å². The Balaban J connectivity index is 1.68. The van der Waals surface area contributed by atoms with Crippen LogP contribution in [0.5, 0.6) is 5.75 Å². The molecule has 0 aromatic heterocycles. The molecule has 6 nitrogen and oxygen atoms in total. The van der Waals surface area contributed by atoms with Crippen LogP contribution in [0, 0.1) is 6.92 Å². The number of methoxy groups -OCH3 is 1. The van der Waals surface area contributed by atoms with Gasteiger partial charge in [-0.1, -0.05) is 64.5 Å². The molecular formula is C26H21BrN2O4. The molecule has 4 rings (SSSR count). The second-order valence-electron chi connectivity index (χ2n) is 7.58. The van der Waals surface area contributed by atoms with E-state index < -0.39 is 17.8 Å². The number of aryl methyl sites for hydroxylation is 1. The molecule has 1 saturated heterocycles. The van der Waals surface area contributed by atoms with Gasteiger partial charge in [-0.25, -0.2) is 9.69 Å². The average molecular weight is 505 g/mol. The highest BCUT2D eigenvalue weighted by atomic mass is 79.9. The first-order valence-corrected chi connectivity index (χ1v) is 11.1. The summed E-state index contributed by atoms with van der Waals surface area (Å²) < 4.78 is 6.57. The molecule has 3 aromatic rings. The highest BCUT2D eigenvalue weighted by Crippen LogP contribution is 2.29. The number of carbonyl (C=O) groups is 3. The molecule has 0 saturated carbocycles. The normalized spacial score (nSPS) is 15.1. The third-order valence-corrected chi connectivity index (χ3v) is 6.19. The standard InChI is InChI=1S/C26H21BrN2O4/c1-16-7-3-6-10-22(16)29-25(31)20(24(30)28-26(29)32)13-17-11-12-19(23(14-17)33-2)15-18-8-4-5-9-21(18)27/h3-14H,15H2,1-2H3,(H,28,30,32)/b20-13+. The molecule has 33 heavy (non-hydrogen) atoms. The third-order valence-electron chi connectivity index (χ3n) is 5.42. The summed E-state index contributed by atoms with van der Waals surface area (Å²) in [6.45, 7) is 1.80. The highest BCUT2D eigenvalue weighted by molar-refractivity contribution is 9.10. The summed E-state index contributed by atoms with van der Waals surface area (Å²) in [6.07, 6.45) is 2.12. The minimum absolute atomic E-state index is 0.126. The van der Waals surface area contributed by atoms with Crippen molar-refractivity contribution in [2.24, 2.45) is 0 Å². The van der Waals surface area contributed by atoms with Crippen molar-refractivity contribution in [3.63, 3.8) is 0 Å². The molecule has 1 heterocycles. The van der Waals surface area contributed by atoms with Crippen LogP contribution in [-0.4, -0.2) is 25.0 Å². The van der Waals surface area contributed by atoms with Gasteiger partial charge in [0.05, 0.1) is 12.8 Å². The highest BCUT2D eigenvalue weighted by Gasteiger charge is 2.37. The number of urea groups is 1. The van der Waals surface area contributed by atoms with Gasteiger partial charge in [0.1, 0.15) is 11.3 Å². The minimum Gasteiger partial charge on any atom is -0.496 e. The Hall–Kier alpha value is -3.71. The van der Waals surface area contributed by atoms with Crippen LogP contribution < -0.4 is 15.0 Å². The molecule has 0 unspecified atom stereocenters. The number of carbonyl (C=O) groups excluding carboxylic acids is 3. The second kappa shape index (κ2) is 9.42. The zero-order valence-electron chi connectivity index (χ0n) is 18.1. The Labute approximate surface area is 200 Å². The minimum atomic E-state index is -0.766. The number of nitrogens with one attached hydrogen (secondary N) is 1. The zero-order valence-corrected chi connectivity index (χ0v) is 19.7. The summed E-state index contributed by atoms with van der Waals surface area (Å²) in [4.78, 5) is 39.1. The first-order valence-electron chi connectivity index (χ1n) is 10.3. The second-order valence-corrected chi connectivity index (χ2v) is 8.44. The number of nitrogens with zero attached hydrogens (tertiary/aromatic N) is 1. The van der Waals surface area contributed by atoms with Gasteiger partial charge in [-0.15, -0.1) is 0 Å². The fraction of sp³-hybridized carbons (Fsp3) is 0.115. The van der Waals surface area contributed by atoms with Crippen LogP contribution in [0.4, 0.5) is 10.5 Å². The van der Waals surface area contributed by atoms with Gasteiger partial charge in [-0.05, 0) is 53.5 Å². The van der Waals surface area contributed by atoms with Gasteiger partial charge in [0, 0.05) is 10.9 Å². The molecule has 0 spiro atoms. The fourth-order valence-electron chi connectivity index (χ4n) is 3.70. The summed E-state index contributed by atoms with van der Waals surface area (Å²) >= 11 is 3.56. The van der Waals surface area contributed by atoms with Crippen molar-refractivity contribution in [2.45, 2.75) is 13.3 Å². The molecule has 1 fully saturated rings. The molecule has 1 N–H and O–H groups in total. The first kappa shape index (κ1) is 22.5.